The number of nitrogens with zero attached hydrogens (tertiary/aromatic N) is 1. The maximum atomic E-state index is 12.3. The van der Waals surface area contributed by atoms with Crippen LogP contribution in [0.2, 0.25) is 0 Å². The van der Waals surface area contributed by atoms with Crippen molar-refractivity contribution in [2.24, 2.45) is 11.1 Å². The molecule has 1 atom stereocenters. The normalized spacial score (nSPS) is 22.3. The van der Waals surface area contributed by atoms with Gasteiger partial charge in [0.1, 0.15) is 0 Å². The van der Waals surface area contributed by atoms with E-state index in [1.165, 1.54) is 0 Å². The SMILES string of the molecule is CC1(C)CCN(C(=O)Cc2ccccc2Br)CC1N. The van der Waals surface area contributed by atoms with E-state index in [4.69, 9.17) is 5.73 Å². The Bertz CT molecular complexity index is 473. The molecule has 4 heteroatoms. The van der Waals surface area contributed by atoms with Gasteiger partial charge < -0.3 is 10.6 Å². The van der Waals surface area contributed by atoms with Crippen LogP contribution in [0.5, 0.6) is 0 Å². The predicted octanol–water partition coefficient (Wildman–Crippen LogP) is 2.58. The molecule has 0 aromatic heterocycles. The number of amides is 1. The number of hydrogen-bond donors (Lipinski definition) is 1. The van der Waals surface area contributed by atoms with E-state index in [0.717, 1.165) is 23.0 Å². The van der Waals surface area contributed by atoms with Crippen molar-refractivity contribution in [3.8, 4) is 0 Å². The van der Waals surface area contributed by atoms with Crippen molar-refractivity contribution in [2.45, 2.75) is 32.7 Å². The number of carbonyl (C=O) groups excluding carboxylic acids is 1. The average molecular weight is 325 g/mol. The van der Waals surface area contributed by atoms with Crippen LogP contribution in [-0.4, -0.2) is 29.9 Å². The number of halogens is 1. The van der Waals surface area contributed by atoms with E-state index in [1.54, 1.807) is 0 Å². The van der Waals surface area contributed by atoms with Crippen LogP contribution in [0.25, 0.3) is 0 Å². The lowest BCUT2D eigenvalue weighted by atomic mass is 9.78. The summed E-state index contributed by atoms with van der Waals surface area (Å²) < 4.78 is 0.991. The lowest BCUT2D eigenvalue weighted by Gasteiger charge is -2.42. The van der Waals surface area contributed by atoms with E-state index < -0.39 is 0 Å². The fourth-order valence-corrected chi connectivity index (χ4v) is 2.75. The molecule has 1 saturated heterocycles. The Morgan fingerprint density at radius 3 is 2.79 bits per heavy atom. The minimum absolute atomic E-state index is 0.0596. The molecular weight excluding hydrogens is 304 g/mol. The first-order chi connectivity index (χ1) is 8.90. The molecule has 104 valence electrons. The number of benzene rings is 1. The summed E-state index contributed by atoms with van der Waals surface area (Å²) in [7, 11) is 0. The molecule has 2 N–H and O–H groups in total. The number of piperidine rings is 1. The lowest BCUT2D eigenvalue weighted by molar-refractivity contribution is -0.133. The van der Waals surface area contributed by atoms with Crippen molar-refractivity contribution in [1.82, 2.24) is 4.90 Å². The van der Waals surface area contributed by atoms with Crippen molar-refractivity contribution in [3.63, 3.8) is 0 Å². The van der Waals surface area contributed by atoms with Gasteiger partial charge in [0, 0.05) is 23.6 Å². The van der Waals surface area contributed by atoms with Gasteiger partial charge >= 0.3 is 0 Å². The summed E-state index contributed by atoms with van der Waals surface area (Å²) in [5.41, 5.74) is 7.32. The number of carbonyl (C=O) groups is 1. The van der Waals surface area contributed by atoms with Gasteiger partial charge in [0.25, 0.3) is 0 Å². The molecule has 1 amide bonds. The smallest absolute Gasteiger partial charge is 0.227 e. The summed E-state index contributed by atoms with van der Waals surface area (Å²) in [6, 6.07) is 7.92. The van der Waals surface area contributed by atoms with Crippen molar-refractivity contribution < 1.29 is 4.79 Å². The zero-order valence-corrected chi connectivity index (χ0v) is 13.1. The van der Waals surface area contributed by atoms with Gasteiger partial charge in [0.15, 0.2) is 0 Å². The third-order valence-corrected chi connectivity index (χ3v) is 4.87. The summed E-state index contributed by atoms with van der Waals surface area (Å²) in [4.78, 5) is 14.2. The third kappa shape index (κ3) is 3.37. The molecule has 0 aliphatic carbocycles. The number of nitrogens with two attached hydrogens (primary N) is 1. The number of likely N-dealkylation sites (tertiary alicyclic amines) is 1. The van der Waals surface area contributed by atoms with Gasteiger partial charge in [-0.25, -0.2) is 0 Å². The van der Waals surface area contributed by atoms with Gasteiger partial charge in [0.05, 0.1) is 6.42 Å². The molecule has 0 radical (unpaired) electrons. The molecule has 1 aliphatic heterocycles. The second kappa shape index (κ2) is 5.63. The Morgan fingerprint density at radius 1 is 1.47 bits per heavy atom. The summed E-state index contributed by atoms with van der Waals surface area (Å²) in [5, 5.41) is 0. The van der Waals surface area contributed by atoms with Gasteiger partial charge in [-0.2, -0.15) is 0 Å². The quantitative estimate of drug-likeness (QED) is 0.908. The topological polar surface area (TPSA) is 46.3 Å². The van der Waals surface area contributed by atoms with Crippen molar-refractivity contribution in [3.05, 3.63) is 34.3 Å². The molecule has 1 aromatic rings. The molecule has 0 saturated carbocycles. The average Bonchev–Trinajstić information content (AvgIpc) is 2.35. The third-order valence-electron chi connectivity index (χ3n) is 4.10. The monoisotopic (exact) mass is 324 g/mol. The zero-order valence-electron chi connectivity index (χ0n) is 11.5. The zero-order chi connectivity index (χ0) is 14.0. The van der Waals surface area contributed by atoms with Crippen LogP contribution in [0, 0.1) is 5.41 Å². The number of rotatable bonds is 2. The Balaban J connectivity index is 2.00. The fraction of sp³-hybridized carbons (Fsp3) is 0.533. The maximum absolute atomic E-state index is 12.3. The molecule has 0 bridgehead atoms. The molecule has 19 heavy (non-hydrogen) atoms. The molecule has 1 heterocycles. The van der Waals surface area contributed by atoms with Crippen LogP contribution in [0.4, 0.5) is 0 Å². The predicted molar refractivity (Wildman–Crippen MR) is 80.8 cm³/mol. The van der Waals surface area contributed by atoms with E-state index in [2.05, 4.69) is 29.8 Å². The fourth-order valence-electron chi connectivity index (χ4n) is 2.33. The first-order valence-electron chi connectivity index (χ1n) is 6.67. The van der Waals surface area contributed by atoms with Gasteiger partial charge in [-0.1, -0.05) is 48.0 Å². The molecule has 1 unspecified atom stereocenters. The van der Waals surface area contributed by atoms with Gasteiger partial charge in [-0.05, 0) is 23.5 Å². The largest absolute Gasteiger partial charge is 0.341 e. The van der Waals surface area contributed by atoms with E-state index in [0.29, 0.717) is 13.0 Å². The molecule has 0 spiro atoms. The Kier molecular flexibility index (Phi) is 4.31. The first-order valence-corrected chi connectivity index (χ1v) is 7.46. The number of hydrogen-bond acceptors (Lipinski definition) is 2. The highest BCUT2D eigenvalue weighted by Crippen LogP contribution is 2.29. The first kappa shape index (κ1) is 14.5. The second-order valence-electron chi connectivity index (χ2n) is 5.95. The van der Waals surface area contributed by atoms with Gasteiger partial charge in [0.2, 0.25) is 5.91 Å². The Labute approximate surface area is 123 Å². The summed E-state index contributed by atoms with van der Waals surface area (Å²) >= 11 is 3.48. The van der Waals surface area contributed by atoms with Crippen LogP contribution in [0.15, 0.2) is 28.7 Å². The summed E-state index contributed by atoms with van der Waals surface area (Å²) in [6.45, 7) is 5.82. The van der Waals surface area contributed by atoms with Crippen molar-refractivity contribution in [1.29, 1.82) is 0 Å². The molecule has 1 fully saturated rings. The highest BCUT2D eigenvalue weighted by Gasteiger charge is 2.34. The summed E-state index contributed by atoms with van der Waals surface area (Å²) in [5.74, 6) is 0.165. The minimum atomic E-state index is 0.0596. The van der Waals surface area contributed by atoms with Crippen LogP contribution in [0.3, 0.4) is 0 Å². The Morgan fingerprint density at radius 2 is 2.16 bits per heavy atom. The van der Waals surface area contributed by atoms with E-state index in [1.807, 2.05) is 29.2 Å². The van der Waals surface area contributed by atoms with Crippen LogP contribution in [0.1, 0.15) is 25.8 Å². The van der Waals surface area contributed by atoms with E-state index in [9.17, 15) is 4.79 Å². The van der Waals surface area contributed by atoms with E-state index in [-0.39, 0.29) is 17.4 Å². The van der Waals surface area contributed by atoms with Crippen LogP contribution in [-0.2, 0) is 11.2 Å². The summed E-state index contributed by atoms with van der Waals surface area (Å²) in [6.07, 6.45) is 1.41. The maximum Gasteiger partial charge on any atom is 0.227 e. The van der Waals surface area contributed by atoms with Crippen molar-refractivity contribution >= 4 is 21.8 Å². The minimum Gasteiger partial charge on any atom is -0.341 e. The highest BCUT2D eigenvalue weighted by molar-refractivity contribution is 9.10. The lowest BCUT2D eigenvalue weighted by Crippen LogP contribution is -2.54. The second-order valence-corrected chi connectivity index (χ2v) is 6.81. The standard InChI is InChI=1S/C15H21BrN2O/c1-15(2)7-8-18(10-13(15)17)14(19)9-11-5-3-4-6-12(11)16/h3-6,13H,7-10,17H2,1-2H3. The molecule has 3 nitrogen and oxygen atoms in total. The van der Waals surface area contributed by atoms with E-state index >= 15 is 0 Å². The van der Waals surface area contributed by atoms with Crippen LogP contribution >= 0.6 is 15.9 Å². The van der Waals surface area contributed by atoms with Gasteiger partial charge in [-0.15, -0.1) is 0 Å². The van der Waals surface area contributed by atoms with Crippen molar-refractivity contribution in [2.75, 3.05) is 13.1 Å². The Hall–Kier alpha value is -0.870. The molecule has 1 aromatic carbocycles. The van der Waals surface area contributed by atoms with Crippen LogP contribution < -0.4 is 5.73 Å². The molecule has 2 rings (SSSR count). The van der Waals surface area contributed by atoms with Gasteiger partial charge in [-0.3, -0.25) is 4.79 Å². The molecule has 1 aliphatic rings. The molecular formula is C15H21BrN2O. The highest BCUT2D eigenvalue weighted by atomic mass is 79.9.